The monoisotopic (exact) mass is 241 g/mol. The Bertz CT molecular complexity index is 565. The minimum Gasteiger partial charge on any atom is -0.397 e. The number of benzene rings is 1. The second kappa shape index (κ2) is 4.48. The lowest BCUT2D eigenvalue weighted by atomic mass is 10.1. The summed E-state index contributed by atoms with van der Waals surface area (Å²) in [4.78, 5) is 4.37. The number of rotatable bonds is 2. The van der Waals surface area contributed by atoms with Crippen LogP contribution in [0.15, 0.2) is 30.5 Å². The number of nitrogen functional groups attached to an aromatic ring is 1. The molecular formula is C15H19N3. The fraction of sp³-hybridized carbons (Fsp3) is 0.400. The van der Waals surface area contributed by atoms with Crippen molar-refractivity contribution in [2.24, 2.45) is 5.92 Å². The van der Waals surface area contributed by atoms with Crippen molar-refractivity contribution in [3.8, 4) is 0 Å². The zero-order chi connectivity index (χ0) is 12.5. The predicted octanol–water partition coefficient (Wildman–Crippen LogP) is 3.42. The first-order chi connectivity index (χ1) is 8.74. The van der Waals surface area contributed by atoms with E-state index in [9.17, 15) is 0 Å². The van der Waals surface area contributed by atoms with Crippen molar-refractivity contribution < 1.29 is 0 Å². The largest absolute Gasteiger partial charge is 0.397 e. The van der Waals surface area contributed by atoms with Crippen molar-refractivity contribution in [3.63, 3.8) is 0 Å². The molecular weight excluding hydrogens is 222 g/mol. The van der Waals surface area contributed by atoms with E-state index in [-0.39, 0.29) is 0 Å². The number of anilines is 2. The molecule has 3 rings (SSSR count). The first kappa shape index (κ1) is 11.3. The zero-order valence-corrected chi connectivity index (χ0v) is 10.7. The van der Waals surface area contributed by atoms with Gasteiger partial charge in [0.2, 0.25) is 0 Å². The maximum absolute atomic E-state index is 5.97. The van der Waals surface area contributed by atoms with E-state index in [1.165, 1.54) is 19.3 Å². The molecule has 2 atom stereocenters. The van der Waals surface area contributed by atoms with Crippen molar-refractivity contribution in [1.29, 1.82) is 0 Å². The van der Waals surface area contributed by atoms with Crippen LogP contribution in [0.1, 0.15) is 26.2 Å². The highest BCUT2D eigenvalue weighted by Crippen LogP contribution is 2.31. The summed E-state index contributed by atoms with van der Waals surface area (Å²) in [6.45, 7) is 2.32. The van der Waals surface area contributed by atoms with E-state index in [4.69, 9.17) is 5.73 Å². The molecule has 1 aromatic carbocycles. The van der Waals surface area contributed by atoms with Gasteiger partial charge in [-0.15, -0.1) is 0 Å². The Morgan fingerprint density at radius 1 is 1.28 bits per heavy atom. The number of hydrogen-bond acceptors (Lipinski definition) is 3. The number of fused-ring (bicyclic) bond motifs is 1. The predicted molar refractivity (Wildman–Crippen MR) is 76.6 cm³/mol. The van der Waals surface area contributed by atoms with Crippen LogP contribution >= 0.6 is 0 Å². The Labute approximate surface area is 107 Å². The van der Waals surface area contributed by atoms with Gasteiger partial charge in [-0.2, -0.15) is 0 Å². The molecule has 94 valence electrons. The van der Waals surface area contributed by atoms with Gasteiger partial charge in [0.1, 0.15) is 0 Å². The highest BCUT2D eigenvalue weighted by Gasteiger charge is 2.21. The molecule has 0 radical (unpaired) electrons. The fourth-order valence-corrected chi connectivity index (χ4v) is 2.88. The second-order valence-electron chi connectivity index (χ2n) is 5.36. The third-order valence-corrected chi connectivity index (χ3v) is 3.86. The van der Waals surface area contributed by atoms with Crippen LogP contribution in [0.3, 0.4) is 0 Å². The van der Waals surface area contributed by atoms with Gasteiger partial charge in [-0.1, -0.05) is 19.1 Å². The van der Waals surface area contributed by atoms with Crippen molar-refractivity contribution in [2.75, 3.05) is 11.1 Å². The number of hydrogen-bond donors (Lipinski definition) is 2. The molecule has 2 unspecified atom stereocenters. The molecule has 0 spiro atoms. The average molecular weight is 241 g/mol. The van der Waals surface area contributed by atoms with Crippen LogP contribution in [-0.4, -0.2) is 11.0 Å². The summed E-state index contributed by atoms with van der Waals surface area (Å²) in [5.74, 6) is 0.834. The molecule has 0 bridgehead atoms. The highest BCUT2D eigenvalue weighted by atomic mass is 14.9. The summed E-state index contributed by atoms with van der Waals surface area (Å²) in [6.07, 6.45) is 5.67. The second-order valence-corrected chi connectivity index (χ2v) is 5.36. The Balaban J connectivity index is 1.94. The molecule has 1 aromatic heterocycles. The SMILES string of the molecule is CC1CCC(Nc2ccnc3c(N)cccc23)C1. The summed E-state index contributed by atoms with van der Waals surface area (Å²) in [6, 6.07) is 8.61. The van der Waals surface area contributed by atoms with Crippen LogP contribution in [0.5, 0.6) is 0 Å². The summed E-state index contributed by atoms with van der Waals surface area (Å²) in [7, 11) is 0. The summed E-state index contributed by atoms with van der Waals surface area (Å²) >= 11 is 0. The highest BCUT2D eigenvalue weighted by molar-refractivity contribution is 5.97. The first-order valence-electron chi connectivity index (χ1n) is 6.64. The molecule has 3 heteroatoms. The van der Waals surface area contributed by atoms with E-state index >= 15 is 0 Å². The standard InChI is InChI=1S/C15H19N3/c1-10-5-6-11(9-10)18-14-7-8-17-15-12(14)3-2-4-13(15)16/h2-4,7-8,10-11H,5-6,9,16H2,1H3,(H,17,18). The molecule has 0 saturated heterocycles. The minimum absolute atomic E-state index is 0.590. The van der Waals surface area contributed by atoms with Gasteiger partial charge in [0.25, 0.3) is 0 Å². The molecule has 3 N–H and O–H groups in total. The molecule has 18 heavy (non-hydrogen) atoms. The smallest absolute Gasteiger partial charge is 0.0951 e. The number of pyridine rings is 1. The van der Waals surface area contributed by atoms with E-state index in [0.717, 1.165) is 28.2 Å². The van der Waals surface area contributed by atoms with Crippen LogP contribution in [-0.2, 0) is 0 Å². The molecule has 1 saturated carbocycles. The molecule has 2 aromatic rings. The first-order valence-corrected chi connectivity index (χ1v) is 6.64. The third-order valence-electron chi connectivity index (χ3n) is 3.86. The van der Waals surface area contributed by atoms with Crippen LogP contribution in [0.25, 0.3) is 10.9 Å². The Kier molecular flexibility index (Phi) is 2.82. The number of nitrogens with one attached hydrogen (secondary N) is 1. The van der Waals surface area contributed by atoms with Gasteiger partial charge in [-0.05, 0) is 37.3 Å². The van der Waals surface area contributed by atoms with Gasteiger partial charge in [0.05, 0.1) is 11.2 Å². The fourth-order valence-electron chi connectivity index (χ4n) is 2.88. The number of nitrogens with zero attached hydrogens (tertiary/aromatic N) is 1. The quantitative estimate of drug-likeness (QED) is 0.792. The summed E-state index contributed by atoms with van der Waals surface area (Å²) in [5, 5.41) is 4.77. The van der Waals surface area contributed by atoms with Crippen LogP contribution < -0.4 is 11.1 Å². The van der Waals surface area contributed by atoms with Crippen molar-refractivity contribution in [2.45, 2.75) is 32.2 Å². The Morgan fingerprint density at radius 3 is 2.94 bits per heavy atom. The van der Waals surface area contributed by atoms with Crippen molar-refractivity contribution >= 4 is 22.3 Å². The van der Waals surface area contributed by atoms with E-state index < -0.39 is 0 Å². The molecule has 3 nitrogen and oxygen atoms in total. The molecule has 0 aliphatic heterocycles. The molecule has 1 heterocycles. The van der Waals surface area contributed by atoms with Crippen molar-refractivity contribution in [1.82, 2.24) is 4.98 Å². The van der Waals surface area contributed by atoms with Gasteiger partial charge in [0, 0.05) is 23.3 Å². The lowest BCUT2D eigenvalue weighted by Crippen LogP contribution is -2.15. The number of nitrogens with two attached hydrogens (primary N) is 1. The van der Waals surface area contributed by atoms with Gasteiger partial charge in [0.15, 0.2) is 0 Å². The maximum Gasteiger partial charge on any atom is 0.0951 e. The van der Waals surface area contributed by atoms with Gasteiger partial charge >= 0.3 is 0 Å². The summed E-state index contributed by atoms with van der Waals surface area (Å²) < 4.78 is 0. The van der Waals surface area contributed by atoms with Crippen LogP contribution in [0, 0.1) is 5.92 Å². The van der Waals surface area contributed by atoms with Gasteiger partial charge < -0.3 is 11.1 Å². The molecule has 1 fully saturated rings. The lowest BCUT2D eigenvalue weighted by molar-refractivity contribution is 0.603. The Hall–Kier alpha value is -1.77. The number of aromatic nitrogens is 1. The van der Waals surface area contributed by atoms with Gasteiger partial charge in [-0.3, -0.25) is 4.98 Å². The summed E-state index contributed by atoms with van der Waals surface area (Å²) in [5.41, 5.74) is 8.77. The van der Waals surface area contributed by atoms with Crippen LogP contribution in [0.2, 0.25) is 0 Å². The van der Waals surface area contributed by atoms with Crippen LogP contribution in [0.4, 0.5) is 11.4 Å². The zero-order valence-electron chi connectivity index (χ0n) is 10.7. The van der Waals surface area contributed by atoms with Gasteiger partial charge in [-0.25, -0.2) is 0 Å². The average Bonchev–Trinajstić information content (AvgIpc) is 2.76. The Morgan fingerprint density at radius 2 is 2.17 bits per heavy atom. The van der Waals surface area contributed by atoms with E-state index in [2.05, 4.69) is 23.3 Å². The molecule has 1 aliphatic carbocycles. The van der Waals surface area contributed by atoms with E-state index in [0.29, 0.717) is 6.04 Å². The minimum atomic E-state index is 0.590. The van der Waals surface area contributed by atoms with E-state index in [1.54, 1.807) is 0 Å². The molecule has 0 amide bonds. The lowest BCUT2D eigenvalue weighted by Gasteiger charge is -2.16. The third kappa shape index (κ3) is 2.01. The number of para-hydroxylation sites is 1. The topological polar surface area (TPSA) is 50.9 Å². The van der Waals surface area contributed by atoms with E-state index in [1.807, 2.05) is 24.4 Å². The maximum atomic E-state index is 5.97. The van der Waals surface area contributed by atoms with Crippen molar-refractivity contribution in [3.05, 3.63) is 30.5 Å². The molecule has 1 aliphatic rings. The normalized spacial score (nSPS) is 23.4.